The van der Waals surface area contributed by atoms with Crippen LogP contribution in [0.4, 0.5) is 0 Å². The zero-order valence-corrected chi connectivity index (χ0v) is 72.6. The molecule has 0 aromatic carbocycles. The number of carboxylic acids is 1. The SMILES string of the molecule is CC(=O)N[C@H]1[C@H](O[C@H]2[C@@H](O)[C@@H](CO)O[C@@H](O[C@H]3[C@H](O)[C@@H](NC(C)=O)[C@H](O[C@H]4[C@@H](O)[C@@H](CO)O[C@@H](O[C@H]5[C@H](O[C@@H]6O[C@@H](C)[C@@H](O)[C@@H](O)[C@@H]6O)[C@@H](NC(C)=O)[C@H](O[C@H]6[C@@H](O)[C@@H](CO)O[C@@H](O[C@H]7[C@H](O)[C@@H](O)[C@H](OC[C@@H](CO)NC=O)O[C@@H]7CO)[C@@H]6O)O[C@@H]5CO)[C@@H]4O)O[C@@H]3CO)[C@@H]2O)O[C@H](CO)[C@@H](O[C@@H]2O[C@H](CO)[C@H](O)[C@H](O[C@]3(C(=O)O)C[C@H](O)[C@@H](NC(C)=O)[C@H]([C@H](O)[C@H](O)CO)O3)[C@H]2O)[C@@H]1O. The van der Waals surface area contributed by atoms with Crippen LogP contribution in [0.3, 0.4) is 0 Å². The van der Waals surface area contributed by atoms with Crippen molar-refractivity contribution in [2.45, 2.75) is 359 Å². The highest BCUT2D eigenvalue weighted by atomic mass is 16.8. The minimum Gasteiger partial charge on any atom is -0.477 e. The van der Waals surface area contributed by atoms with Crippen LogP contribution < -0.4 is 26.6 Å². The van der Waals surface area contributed by atoms with Crippen LogP contribution in [0.25, 0.3) is 0 Å². The van der Waals surface area contributed by atoms with Crippen molar-refractivity contribution in [1.29, 1.82) is 0 Å². The van der Waals surface area contributed by atoms with E-state index in [1.807, 2.05) is 0 Å². The van der Waals surface area contributed by atoms with Gasteiger partial charge in [0.25, 0.3) is 5.79 Å². The third-order valence-corrected chi connectivity index (χ3v) is 24.4. The molecule has 10 heterocycles. The van der Waals surface area contributed by atoms with E-state index in [1.165, 1.54) is 6.92 Å². The van der Waals surface area contributed by atoms with Gasteiger partial charge in [0, 0.05) is 34.1 Å². The molecule has 10 saturated heterocycles. The molecule has 0 saturated carbocycles. The molecule has 0 bridgehead atoms. The van der Waals surface area contributed by atoms with E-state index < -0.39 is 427 Å². The van der Waals surface area contributed by atoms with Gasteiger partial charge in [-0.1, -0.05) is 0 Å². The third-order valence-electron chi connectivity index (χ3n) is 24.4. The molecule has 135 heavy (non-hydrogen) atoms. The minimum absolute atomic E-state index is 0.236. The zero-order valence-electron chi connectivity index (χ0n) is 72.6. The molecule has 10 aliphatic heterocycles. The lowest BCUT2D eigenvalue weighted by Crippen LogP contribution is -2.72. The van der Waals surface area contributed by atoms with Crippen molar-refractivity contribution in [3.63, 3.8) is 0 Å². The molecular weight excluding hydrogens is 1850 g/mol. The van der Waals surface area contributed by atoms with Gasteiger partial charge in [0.15, 0.2) is 56.6 Å². The van der Waals surface area contributed by atoms with Crippen molar-refractivity contribution in [1.82, 2.24) is 26.6 Å². The highest BCUT2D eigenvalue weighted by molar-refractivity contribution is 5.77. The van der Waals surface area contributed by atoms with E-state index in [1.54, 1.807) is 0 Å². The molecule has 0 radical (unpaired) electrons. The predicted octanol–water partition coefficient (Wildman–Crippen LogP) is -22.9. The Balaban J connectivity index is 0.876. The van der Waals surface area contributed by atoms with Gasteiger partial charge in [0.05, 0.1) is 97.0 Å². The lowest BCUT2D eigenvalue weighted by Gasteiger charge is -2.52. The molecule has 10 aliphatic rings. The van der Waals surface area contributed by atoms with Crippen molar-refractivity contribution in [3.8, 4) is 0 Å². The number of hydrogen-bond acceptors (Lipinski definition) is 54. The smallest absolute Gasteiger partial charge is 0.364 e. The van der Waals surface area contributed by atoms with Gasteiger partial charge < -0.3 is 269 Å². The second kappa shape index (κ2) is 49.3. The summed E-state index contributed by atoms with van der Waals surface area (Å²) in [6.45, 7) is -7.10. The monoisotopic (exact) mass is 1980 g/mol. The summed E-state index contributed by atoms with van der Waals surface area (Å²) in [4.78, 5) is 76.3. The number of carbonyl (C=O) groups is 6. The number of amides is 5. The van der Waals surface area contributed by atoms with Gasteiger partial charge in [-0.2, -0.15) is 0 Å². The number of aliphatic hydroxyl groups is 28. The van der Waals surface area contributed by atoms with Gasteiger partial charge in [-0.3, -0.25) is 24.0 Å². The van der Waals surface area contributed by atoms with Crippen molar-refractivity contribution in [3.05, 3.63) is 0 Å². The number of carboxylic acid groups (broad SMARTS) is 1. The van der Waals surface area contributed by atoms with Gasteiger partial charge in [0.2, 0.25) is 30.0 Å². The van der Waals surface area contributed by atoms with E-state index >= 15 is 0 Å². The maximum Gasteiger partial charge on any atom is 0.364 e. The molecule has 10 rings (SSSR count). The van der Waals surface area contributed by atoms with Gasteiger partial charge in [-0.05, 0) is 6.92 Å². The number of ether oxygens (including phenoxy) is 20. The van der Waals surface area contributed by atoms with Gasteiger partial charge in [-0.15, -0.1) is 0 Å². The Morgan fingerprint density at radius 3 is 1.04 bits per heavy atom. The number of rotatable bonds is 40. The number of aliphatic hydroxyl groups excluding tert-OH is 28. The molecule has 5 amide bonds. The molecule has 34 N–H and O–H groups in total. The first-order valence-corrected chi connectivity index (χ1v) is 42.9. The highest BCUT2D eigenvalue weighted by Crippen LogP contribution is 2.44. The van der Waals surface area contributed by atoms with E-state index in [-0.39, 0.29) is 6.41 Å². The second-order valence-corrected chi connectivity index (χ2v) is 33.8. The number of aliphatic carboxylic acids is 1. The van der Waals surface area contributed by atoms with Crippen LogP contribution in [0.5, 0.6) is 0 Å². The summed E-state index contributed by atoms with van der Waals surface area (Å²) in [6.07, 6.45) is -99.9. The summed E-state index contributed by atoms with van der Waals surface area (Å²) in [5, 5.41) is 337. The number of hydrogen-bond donors (Lipinski definition) is 34. The summed E-state index contributed by atoms with van der Waals surface area (Å²) in [6, 6.07) is -8.94. The fourth-order valence-electron chi connectivity index (χ4n) is 17.3. The normalized spacial score (nSPS) is 46.7. The largest absolute Gasteiger partial charge is 0.477 e. The van der Waals surface area contributed by atoms with Gasteiger partial charge >= 0.3 is 5.97 Å². The molecule has 60 nitrogen and oxygen atoms in total. The van der Waals surface area contributed by atoms with Crippen LogP contribution in [0, 0.1) is 0 Å². The Labute approximate surface area is 764 Å². The molecule has 0 aromatic rings. The van der Waals surface area contributed by atoms with Crippen LogP contribution in [-0.2, 0) is 124 Å². The third kappa shape index (κ3) is 25.0. The zero-order chi connectivity index (χ0) is 99.7. The van der Waals surface area contributed by atoms with Gasteiger partial charge in [0.1, 0.15) is 232 Å². The first-order valence-electron chi connectivity index (χ1n) is 42.9. The quantitative estimate of drug-likeness (QED) is 0.0253. The van der Waals surface area contributed by atoms with E-state index in [0.29, 0.717) is 0 Å². The lowest BCUT2D eigenvalue weighted by molar-refractivity contribution is -0.398. The Morgan fingerprint density at radius 1 is 0.348 bits per heavy atom. The van der Waals surface area contributed by atoms with Gasteiger partial charge in [-0.25, -0.2) is 4.79 Å². The fourth-order valence-corrected chi connectivity index (χ4v) is 17.3. The molecule has 0 aromatic heterocycles. The Morgan fingerprint density at radius 2 is 0.667 bits per heavy atom. The first kappa shape index (κ1) is 112. The van der Waals surface area contributed by atoms with E-state index in [0.717, 1.165) is 27.7 Å². The molecule has 52 atom stereocenters. The number of carbonyl (C=O) groups excluding carboxylic acids is 5. The Hall–Kier alpha value is -5.10. The minimum atomic E-state index is -3.29. The fraction of sp³-hybridized carbons (Fsp3) is 0.920. The summed E-state index contributed by atoms with van der Waals surface area (Å²) in [5.41, 5.74) is 0. The van der Waals surface area contributed by atoms with Crippen LogP contribution in [0.1, 0.15) is 41.0 Å². The van der Waals surface area contributed by atoms with E-state index in [4.69, 9.17) is 94.7 Å². The standard InChI is InChI=1S/C75H125N5O55/c1-19-39(98)47(106)49(108)69(117-19)130-60-38(80-23(5)95)67(133-63-43(102)28(10-84)119-71(52(63)111)128-57-33(15-89)125-68(50(109)48(57)107)116-17-24(7-81)76-18-91)124-34(16-90)58(60)129-72-53(112)62(42(101)29(11-85)120-72)132-66-36(78-21(3)93)45(104)55(31(13-87)122-66)126-70-51(110)61(41(100)27(9-83)118-70)131-65-37(79-22(4)94)46(105)56(32(14-88)123-65)127-73-54(113)64(44(103)30(12-86)121-73)135-75(74(114)115)6-25(96)35(77-20(2)92)59(134-75)40(99)26(97)8-82/h18-19,24-73,81-90,96-113H,6-17H2,1-5H3,(H,76,91)(H,77,92)(H,78,93)(H,79,94)(H,80,95)(H,114,115)/t19-,24+,25-,26+,27+,28+,29+,30+,31+,32+,33+,34+,35+,36+,37+,38+,39+,40+,41-,42-,43-,44-,45+,46+,47+,48+,49-,50+,51+,52+,53+,54+,55+,56+,57+,58+,59+,60+,61-,62-,63-,64-,65-,66-,67-,68+,69-,70-,71-,72-,73-,75-/m0/s1. The van der Waals surface area contributed by atoms with Crippen LogP contribution in [-0.4, -0.2) is 575 Å². The van der Waals surface area contributed by atoms with Crippen LogP contribution in [0.2, 0.25) is 0 Å². The lowest BCUT2D eigenvalue weighted by atomic mass is 9.88. The predicted molar refractivity (Wildman–Crippen MR) is 416 cm³/mol. The van der Waals surface area contributed by atoms with Crippen molar-refractivity contribution in [2.24, 2.45) is 0 Å². The number of nitrogens with one attached hydrogen (secondary N) is 5. The van der Waals surface area contributed by atoms with E-state index in [9.17, 15) is 177 Å². The average molecular weight is 1980 g/mol. The van der Waals surface area contributed by atoms with Crippen molar-refractivity contribution < 1.29 is 272 Å². The maximum atomic E-state index is 13.5. The first-order chi connectivity index (χ1) is 63.9. The molecule has 0 unspecified atom stereocenters. The molecule has 60 heteroatoms. The molecule has 0 spiro atoms. The second-order valence-electron chi connectivity index (χ2n) is 33.8. The Bertz CT molecular complexity index is 3720. The maximum absolute atomic E-state index is 13.5. The summed E-state index contributed by atoms with van der Waals surface area (Å²) in [7, 11) is 0. The van der Waals surface area contributed by atoms with Crippen LogP contribution >= 0.6 is 0 Å². The summed E-state index contributed by atoms with van der Waals surface area (Å²) in [5.74, 6) is -9.37. The molecule has 0 aliphatic carbocycles. The molecular formula is C75H125N5O55. The Kier molecular flexibility index (Phi) is 40.8. The highest BCUT2D eigenvalue weighted by Gasteiger charge is 2.65. The molecule has 780 valence electrons. The molecule has 10 fully saturated rings. The summed E-state index contributed by atoms with van der Waals surface area (Å²) < 4.78 is 119. The summed E-state index contributed by atoms with van der Waals surface area (Å²) >= 11 is 0. The van der Waals surface area contributed by atoms with Crippen LogP contribution in [0.15, 0.2) is 0 Å². The average Bonchev–Trinajstić information content (AvgIpc) is 0.755. The topological polar surface area (TPSA) is 934 Å². The van der Waals surface area contributed by atoms with Crippen molar-refractivity contribution in [2.75, 3.05) is 72.7 Å². The van der Waals surface area contributed by atoms with E-state index in [2.05, 4.69) is 26.6 Å². The van der Waals surface area contributed by atoms with Crippen molar-refractivity contribution >= 4 is 36.0 Å².